The van der Waals surface area contributed by atoms with Crippen molar-refractivity contribution in [2.75, 3.05) is 38.8 Å². The van der Waals surface area contributed by atoms with Gasteiger partial charge in [0.05, 0.1) is 63.3 Å². The lowest BCUT2D eigenvalue weighted by atomic mass is 10.0. The second-order valence-electron chi connectivity index (χ2n) is 5.59. The summed E-state index contributed by atoms with van der Waals surface area (Å²) in [6.07, 6.45) is -3.46. The molecule has 1 saturated heterocycles. The molecule has 0 radical (unpaired) electrons. The predicted molar refractivity (Wildman–Crippen MR) is 88.8 cm³/mol. The van der Waals surface area contributed by atoms with Crippen LogP contribution in [0.4, 0.5) is 24.5 Å². The van der Waals surface area contributed by atoms with Crippen molar-refractivity contribution in [3.05, 3.63) is 23.3 Å². The Kier molecular flexibility index (Phi) is 5.69. The normalized spacial score (nSPS) is 17.3. The van der Waals surface area contributed by atoms with Gasteiger partial charge in [-0.1, -0.05) is 0 Å². The third-order valence-corrected chi connectivity index (χ3v) is 5.47. The number of alkyl halides is 3. The molecule has 0 atom stereocenters. The molecule has 0 bridgehead atoms. The van der Waals surface area contributed by atoms with Gasteiger partial charge in [-0.2, -0.15) is 22.8 Å². The molecule has 0 spiro atoms. The molecule has 0 saturated carbocycles. The second-order valence-corrected chi connectivity index (χ2v) is 8.13. The number of halogens is 3. The van der Waals surface area contributed by atoms with Crippen LogP contribution < -0.4 is 0 Å². The number of nitriles is 1. The van der Waals surface area contributed by atoms with Gasteiger partial charge in [0.1, 0.15) is 6.07 Å². The predicted octanol–water partition coefficient (Wildman–Crippen LogP) is 2.93. The zero-order valence-corrected chi connectivity index (χ0v) is 14.5. The third kappa shape index (κ3) is 4.93. The number of ether oxygens (including phenoxy) is 1. The highest BCUT2D eigenvalue weighted by Crippen LogP contribution is 2.39. The highest BCUT2D eigenvalue weighted by molar-refractivity contribution is 7.93. The summed E-state index contributed by atoms with van der Waals surface area (Å²) in [6, 6.07) is 3.54. The molecule has 1 aliphatic rings. The summed E-state index contributed by atoms with van der Waals surface area (Å²) in [4.78, 5) is 5.45. The fourth-order valence-electron chi connectivity index (χ4n) is 2.15. The number of nitrogens with zero attached hydrogens (tertiary/aromatic N) is 4. The van der Waals surface area contributed by atoms with Gasteiger partial charge in [0.2, 0.25) is 0 Å². The number of benzene rings is 1. The Morgan fingerprint density at radius 1 is 1.32 bits per heavy atom. The van der Waals surface area contributed by atoms with Crippen LogP contribution in [0.3, 0.4) is 0 Å². The van der Waals surface area contributed by atoms with E-state index in [2.05, 4.69) is 9.36 Å². The van der Waals surface area contributed by atoms with Gasteiger partial charge >= 0.3 is 6.18 Å². The molecule has 1 heterocycles. The van der Waals surface area contributed by atoms with E-state index in [-0.39, 0.29) is 36.1 Å². The van der Waals surface area contributed by atoms with E-state index >= 15 is 0 Å². The summed E-state index contributed by atoms with van der Waals surface area (Å²) in [5.41, 5.74) is -2.01. The van der Waals surface area contributed by atoms with Gasteiger partial charge in [0, 0.05) is 14.1 Å². The lowest BCUT2D eigenvalue weighted by Gasteiger charge is -2.17. The Balaban J connectivity index is 2.66. The second kappa shape index (κ2) is 7.41. The Morgan fingerprint density at radius 2 is 1.96 bits per heavy atom. The first-order valence-electron chi connectivity index (χ1n) is 7.31. The van der Waals surface area contributed by atoms with Gasteiger partial charge < -0.3 is 9.64 Å². The standard InChI is InChI=1S/C15H17F3N4O2S/c1-22(2)10-20-14-8-11(21-25(23)5-3-24-4-6-25)7-13(12(14)9-19)15(16,17)18/h7-8,10H,3-6H2,1-2H3. The van der Waals surface area contributed by atoms with Gasteiger partial charge in [-0.25, -0.2) is 9.20 Å². The van der Waals surface area contributed by atoms with Crippen molar-refractivity contribution >= 4 is 27.4 Å². The van der Waals surface area contributed by atoms with Crippen LogP contribution in [0.2, 0.25) is 0 Å². The molecule has 1 aromatic rings. The zero-order chi connectivity index (χ0) is 18.7. The average Bonchev–Trinajstić information content (AvgIpc) is 2.51. The maximum Gasteiger partial charge on any atom is 0.417 e. The zero-order valence-electron chi connectivity index (χ0n) is 13.7. The van der Waals surface area contributed by atoms with Crippen LogP contribution in [0.25, 0.3) is 0 Å². The van der Waals surface area contributed by atoms with E-state index in [0.717, 1.165) is 6.07 Å². The van der Waals surface area contributed by atoms with Crippen LogP contribution in [-0.2, 0) is 20.6 Å². The maximum absolute atomic E-state index is 13.3. The average molecular weight is 374 g/mol. The molecule has 1 fully saturated rings. The van der Waals surface area contributed by atoms with Gasteiger partial charge in [0.15, 0.2) is 0 Å². The molecule has 1 aromatic carbocycles. The molecule has 0 N–H and O–H groups in total. The van der Waals surface area contributed by atoms with E-state index in [4.69, 9.17) is 10.00 Å². The molecular weight excluding hydrogens is 357 g/mol. The van der Waals surface area contributed by atoms with Crippen LogP contribution in [0, 0.1) is 11.3 Å². The molecule has 0 amide bonds. The van der Waals surface area contributed by atoms with Crippen LogP contribution in [0.5, 0.6) is 0 Å². The molecule has 136 valence electrons. The van der Waals surface area contributed by atoms with Crippen LogP contribution in [0.1, 0.15) is 11.1 Å². The smallest absolute Gasteiger partial charge is 0.379 e. The third-order valence-electron chi connectivity index (χ3n) is 3.31. The van der Waals surface area contributed by atoms with Gasteiger partial charge in [-0.15, -0.1) is 0 Å². The van der Waals surface area contributed by atoms with Crippen molar-refractivity contribution in [2.45, 2.75) is 6.18 Å². The summed E-state index contributed by atoms with van der Waals surface area (Å²) in [6.45, 7) is 0.493. The van der Waals surface area contributed by atoms with Crippen molar-refractivity contribution in [2.24, 2.45) is 9.36 Å². The number of hydrogen-bond acceptors (Lipinski definition) is 5. The van der Waals surface area contributed by atoms with Crippen molar-refractivity contribution in [1.82, 2.24) is 4.90 Å². The van der Waals surface area contributed by atoms with E-state index in [1.165, 1.54) is 17.3 Å². The first-order chi connectivity index (χ1) is 11.6. The number of aliphatic imine (C=N–C) groups is 1. The molecule has 0 aromatic heterocycles. The molecule has 25 heavy (non-hydrogen) atoms. The summed E-state index contributed by atoms with van der Waals surface area (Å²) in [5.74, 6) is 0.315. The summed E-state index contributed by atoms with van der Waals surface area (Å²) < 4.78 is 61.7. The van der Waals surface area contributed by atoms with Gasteiger partial charge in [-0.3, -0.25) is 0 Å². The first kappa shape index (κ1) is 19.2. The van der Waals surface area contributed by atoms with Gasteiger partial charge in [-0.05, 0) is 12.1 Å². The molecular formula is C15H17F3N4O2S. The molecule has 10 heteroatoms. The van der Waals surface area contributed by atoms with Crippen molar-refractivity contribution in [3.63, 3.8) is 0 Å². The minimum atomic E-state index is -4.75. The molecule has 0 aliphatic carbocycles. The molecule has 1 aliphatic heterocycles. The largest absolute Gasteiger partial charge is 0.417 e. The summed E-state index contributed by atoms with van der Waals surface area (Å²) in [5, 5.41) is 9.15. The lowest BCUT2D eigenvalue weighted by Crippen LogP contribution is -2.25. The minimum Gasteiger partial charge on any atom is -0.379 e. The van der Waals surface area contributed by atoms with E-state index in [1.807, 2.05) is 0 Å². The number of rotatable bonds is 3. The fourth-order valence-corrected chi connectivity index (χ4v) is 3.78. The monoisotopic (exact) mass is 374 g/mol. The Labute approximate surface area is 144 Å². The molecule has 6 nitrogen and oxygen atoms in total. The van der Waals surface area contributed by atoms with E-state index in [9.17, 15) is 17.4 Å². The summed E-state index contributed by atoms with van der Waals surface area (Å²) >= 11 is 0. The Hall–Kier alpha value is -2.12. The topological polar surface area (TPSA) is 78.1 Å². The summed E-state index contributed by atoms with van der Waals surface area (Å²) in [7, 11) is 0.607. The lowest BCUT2D eigenvalue weighted by molar-refractivity contribution is -0.137. The molecule has 0 unspecified atom stereocenters. The Morgan fingerprint density at radius 3 is 2.48 bits per heavy atom. The molecule has 2 rings (SSSR count). The fraction of sp³-hybridized carbons (Fsp3) is 0.467. The number of hydrogen-bond donors (Lipinski definition) is 0. The van der Waals surface area contributed by atoms with Crippen LogP contribution >= 0.6 is 0 Å². The minimum absolute atomic E-state index is 0.107. The first-order valence-corrected chi connectivity index (χ1v) is 9.16. The Bertz CT molecular complexity index is 822. The van der Waals surface area contributed by atoms with E-state index in [1.54, 1.807) is 20.2 Å². The highest BCUT2D eigenvalue weighted by atomic mass is 32.2. The van der Waals surface area contributed by atoms with Crippen molar-refractivity contribution in [1.29, 1.82) is 5.26 Å². The van der Waals surface area contributed by atoms with Crippen LogP contribution in [0.15, 0.2) is 21.5 Å². The van der Waals surface area contributed by atoms with Gasteiger partial charge in [0.25, 0.3) is 0 Å². The van der Waals surface area contributed by atoms with Crippen molar-refractivity contribution in [3.8, 4) is 6.07 Å². The van der Waals surface area contributed by atoms with E-state index < -0.39 is 27.0 Å². The van der Waals surface area contributed by atoms with E-state index in [0.29, 0.717) is 0 Å². The van der Waals surface area contributed by atoms with Crippen LogP contribution in [-0.4, -0.2) is 54.3 Å². The SMILES string of the molecule is CN(C)C=Nc1cc(N=S2(=O)CCOCC2)cc(C(F)(F)F)c1C#N. The highest BCUT2D eigenvalue weighted by Gasteiger charge is 2.35. The van der Waals surface area contributed by atoms with Crippen molar-refractivity contribution < 1.29 is 22.1 Å². The maximum atomic E-state index is 13.3. The quantitative estimate of drug-likeness (QED) is 0.602.